The normalized spacial score (nSPS) is 12.6. The highest BCUT2D eigenvalue weighted by molar-refractivity contribution is 5.26. The van der Waals surface area contributed by atoms with E-state index in [1.54, 1.807) is 0 Å². The standard InChI is InChI=1S/C15H22N4/c1-5-16-14(10-15-17-8-9-19(15)4)13-7-6-11(2)18-12(13)3/h6-9,14,16H,5,10H2,1-4H3. The quantitative estimate of drug-likeness (QED) is 0.895. The first-order valence-electron chi connectivity index (χ1n) is 6.75. The van der Waals surface area contributed by atoms with E-state index >= 15 is 0 Å². The minimum Gasteiger partial charge on any atom is -0.338 e. The number of imidazole rings is 1. The summed E-state index contributed by atoms with van der Waals surface area (Å²) in [6, 6.07) is 4.51. The Bertz CT molecular complexity index is 545. The molecule has 2 aromatic rings. The molecule has 0 aliphatic carbocycles. The molecule has 2 aromatic heterocycles. The second-order valence-electron chi connectivity index (χ2n) is 4.90. The lowest BCUT2D eigenvalue weighted by atomic mass is 10.0. The number of pyridine rings is 1. The van der Waals surface area contributed by atoms with Crippen molar-refractivity contribution in [3.8, 4) is 0 Å². The van der Waals surface area contributed by atoms with Crippen LogP contribution in [0.2, 0.25) is 0 Å². The number of likely N-dealkylation sites (N-methyl/N-ethyl adjacent to an activating group) is 1. The van der Waals surface area contributed by atoms with E-state index in [2.05, 4.69) is 45.8 Å². The molecule has 0 radical (unpaired) electrons. The van der Waals surface area contributed by atoms with Crippen LogP contribution in [0.25, 0.3) is 0 Å². The lowest BCUT2D eigenvalue weighted by molar-refractivity contribution is 0.524. The van der Waals surface area contributed by atoms with E-state index in [0.29, 0.717) is 0 Å². The van der Waals surface area contributed by atoms with Gasteiger partial charge in [0.05, 0.1) is 0 Å². The molecule has 19 heavy (non-hydrogen) atoms. The maximum atomic E-state index is 4.56. The zero-order valence-corrected chi connectivity index (χ0v) is 12.1. The number of aromatic nitrogens is 3. The third-order valence-electron chi connectivity index (χ3n) is 3.40. The molecule has 0 bridgehead atoms. The molecule has 0 aliphatic heterocycles. The predicted octanol–water partition coefficient (Wildman–Crippen LogP) is 2.33. The summed E-state index contributed by atoms with van der Waals surface area (Å²) in [5.74, 6) is 1.09. The number of hydrogen-bond acceptors (Lipinski definition) is 3. The van der Waals surface area contributed by atoms with Crippen LogP contribution in [0.5, 0.6) is 0 Å². The summed E-state index contributed by atoms with van der Waals surface area (Å²) in [7, 11) is 2.03. The molecule has 0 saturated heterocycles. The van der Waals surface area contributed by atoms with Crippen LogP contribution in [-0.2, 0) is 13.5 Å². The van der Waals surface area contributed by atoms with E-state index < -0.39 is 0 Å². The number of rotatable bonds is 5. The molecular formula is C15H22N4. The zero-order chi connectivity index (χ0) is 13.8. The zero-order valence-electron chi connectivity index (χ0n) is 12.1. The molecule has 0 saturated carbocycles. The molecule has 0 aliphatic rings. The van der Waals surface area contributed by atoms with E-state index in [-0.39, 0.29) is 6.04 Å². The summed E-state index contributed by atoms with van der Waals surface area (Å²) >= 11 is 0. The van der Waals surface area contributed by atoms with Gasteiger partial charge in [0.2, 0.25) is 0 Å². The predicted molar refractivity (Wildman–Crippen MR) is 77.0 cm³/mol. The van der Waals surface area contributed by atoms with Crippen molar-refractivity contribution in [2.24, 2.45) is 7.05 Å². The molecule has 0 amide bonds. The van der Waals surface area contributed by atoms with Crippen LogP contribution >= 0.6 is 0 Å². The fourth-order valence-corrected chi connectivity index (χ4v) is 2.38. The lowest BCUT2D eigenvalue weighted by Crippen LogP contribution is -2.25. The molecule has 1 unspecified atom stereocenters. The number of aryl methyl sites for hydroxylation is 3. The molecular weight excluding hydrogens is 236 g/mol. The van der Waals surface area contributed by atoms with Gasteiger partial charge in [0.15, 0.2) is 0 Å². The Morgan fingerprint density at radius 3 is 2.68 bits per heavy atom. The Hall–Kier alpha value is -1.68. The highest BCUT2D eigenvalue weighted by atomic mass is 15.0. The first kappa shape index (κ1) is 13.7. The average Bonchev–Trinajstić information content (AvgIpc) is 2.75. The first-order valence-corrected chi connectivity index (χ1v) is 6.75. The summed E-state index contributed by atoms with van der Waals surface area (Å²) in [4.78, 5) is 8.97. The Kier molecular flexibility index (Phi) is 4.32. The molecule has 2 rings (SSSR count). The number of hydrogen-bond donors (Lipinski definition) is 1. The van der Waals surface area contributed by atoms with Crippen molar-refractivity contribution in [2.45, 2.75) is 33.2 Å². The molecule has 1 N–H and O–H groups in total. The van der Waals surface area contributed by atoms with Gasteiger partial charge in [0.25, 0.3) is 0 Å². The van der Waals surface area contributed by atoms with Crippen LogP contribution in [-0.4, -0.2) is 21.1 Å². The second kappa shape index (κ2) is 5.97. The van der Waals surface area contributed by atoms with Crippen molar-refractivity contribution in [2.75, 3.05) is 6.54 Å². The molecule has 0 fully saturated rings. The number of nitrogens with one attached hydrogen (secondary N) is 1. The second-order valence-corrected chi connectivity index (χ2v) is 4.90. The number of nitrogens with zero attached hydrogens (tertiary/aromatic N) is 3. The van der Waals surface area contributed by atoms with Crippen LogP contribution < -0.4 is 5.32 Å². The molecule has 2 heterocycles. The highest BCUT2D eigenvalue weighted by Crippen LogP contribution is 2.20. The first-order chi connectivity index (χ1) is 9.11. The molecule has 0 spiro atoms. The smallest absolute Gasteiger partial charge is 0.110 e. The van der Waals surface area contributed by atoms with Gasteiger partial charge in [0, 0.05) is 43.3 Å². The van der Waals surface area contributed by atoms with Crippen molar-refractivity contribution >= 4 is 0 Å². The van der Waals surface area contributed by atoms with Gasteiger partial charge < -0.3 is 9.88 Å². The fraction of sp³-hybridized carbons (Fsp3) is 0.467. The average molecular weight is 258 g/mol. The van der Waals surface area contributed by atoms with Crippen molar-refractivity contribution in [3.05, 3.63) is 47.3 Å². The van der Waals surface area contributed by atoms with E-state index in [0.717, 1.165) is 30.2 Å². The SMILES string of the molecule is CCNC(Cc1nccn1C)c1ccc(C)nc1C. The van der Waals surface area contributed by atoms with Gasteiger partial charge in [-0.3, -0.25) is 4.98 Å². The lowest BCUT2D eigenvalue weighted by Gasteiger charge is -2.20. The Labute approximate surface area is 114 Å². The summed E-state index contributed by atoms with van der Waals surface area (Å²) in [6.07, 6.45) is 4.71. The monoisotopic (exact) mass is 258 g/mol. The molecule has 0 aromatic carbocycles. The maximum Gasteiger partial charge on any atom is 0.110 e. The minimum atomic E-state index is 0.263. The van der Waals surface area contributed by atoms with Gasteiger partial charge in [-0.05, 0) is 32.0 Å². The molecule has 4 nitrogen and oxygen atoms in total. The van der Waals surface area contributed by atoms with Crippen LogP contribution in [0.1, 0.15) is 35.7 Å². The van der Waals surface area contributed by atoms with Gasteiger partial charge in [-0.2, -0.15) is 0 Å². The van der Waals surface area contributed by atoms with Gasteiger partial charge >= 0.3 is 0 Å². The highest BCUT2D eigenvalue weighted by Gasteiger charge is 2.16. The van der Waals surface area contributed by atoms with E-state index in [1.165, 1.54) is 5.56 Å². The third-order valence-corrected chi connectivity index (χ3v) is 3.40. The van der Waals surface area contributed by atoms with E-state index in [4.69, 9.17) is 0 Å². The van der Waals surface area contributed by atoms with Crippen molar-refractivity contribution in [1.82, 2.24) is 19.9 Å². The van der Waals surface area contributed by atoms with Gasteiger partial charge in [-0.15, -0.1) is 0 Å². The topological polar surface area (TPSA) is 42.7 Å². The molecule has 4 heteroatoms. The minimum absolute atomic E-state index is 0.263. The Morgan fingerprint density at radius 2 is 2.11 bits per heavy atom. The van der Waals surface area contributed by atoms with Gasteiger partial charge in [0.1, 0.15) is 5.82 Å². The third kappa shape index (κ3) is 3.20. The van der Waals surface area contributed by atoms with Crippen LogP contribution in [0.3, 0.4) is 0 Å². The van der Waals surface area contributed by atoms with Crippen molar-refractivity contribution in [1.29, 1.82) is 0 Å². The molecule has 102 valence electrons. The van der Waals surface area contributed by atoms with Gasteiger partial charge in [-0.25, -0.2) is 4.98 Å². The summed E-state index contributed by atoms with van der Waals surface area (Å²) in [6.45, 7) is 7.16. The Morgan fingerprint density at radius 1 is 1.32 bits per heavy atom. The summed E-state index contributed by atoms with van der Waals surface area (Å²) in [5.41, 5.74) is 3.42. The van der Waals surface area contributed by atoms with E-state index in [1.807, 2.05) is 26.4 Å². The fourth-order valence-electron chi connectivity index (χ4n) is 2.38. The van der Waals surface area contributed by atoms with Gasteiger partial charge in [-0.1, -0.05) is 13.0 Å². The Balaban J connectivity index is 2.27. The van der Waals surface area contributed by atoms with Crippen molar-refractivity contribution < 1.29 is 0 Å². The largest absolute Gasteiger partial charge is 0.338 e. The molecule has 1 atom stereocenters. The van der Waals surface area contributed by atoms with Crippen LogP contribution in [0.15, 0.2) is 24.5 Å². The van der Waals surface area contributed by atoms with Crippen molar-refractivity contribution in [3.63, 3.8) is 0 Å². The van der Waals surface area contributed by atoms with E-state index in [9.17, 15) is 0 Å². The van der Waals surface area contributed by atoms with Crippen LogP contribution in [0.4, 0.5) is 0 Å². The summed E-state index contributed by atoms with van der Waals surface area (Å²) < 4.78 is 2.07. The van der Waals surface area contributed by atoms with Crippen LogP contribution in [0, 0.1) is 13.8 Å². The maximum absolute atomic E-state index is 4.56. The summed E-state index contributed by atoms with van der Waals surface area (Å²) in [5, 5.41) is 3.53.